The van der Waals surface area contributed by atoms with Gasteiger partial charge in [0.25, 0.3) is 0 Å². The molecular weight excluding hydrogens is 180 g/mol. The number of aromatic nitrogens is 3. The van der Waals surface area contributed by atoms with E-state index in [0.29, 0.717) is 5.69 Å². The Balaban J connectivity index is 2.22. The molecule has 0 saturated heterocycles. The van der Waals surface area contributed by atoms with Gasteiger partial charge in [0, 0.05) is 6.54 Å². The van der Waals surface area contributed by atoms with Crippen LogP contribution in [0.5, 0.6) is 0 Å². The highest BCUT2D eigenvalue weighted by molar-refractivity contribution is 6.03. The molecule has 14 heavy (non-hydrogen) atoms. The number of rotatable bonds is 4. The molecule has 5 heteroatoms. The Morgan fingerprint density at radius 2 is 2.43 bits per heavy atom. The highest BCUT2D eigenvalue weighted by Crippen LogP contribution is 2.35. The van der Waals surface area contributed by atoms with Crippen molar-refractivity contribution in [3.8, 4) is 0 Å². The summed E-state index contributed by atoms with van der Waals surface area (Å²) in [5.74, 6) is -0.0176. The number of Topliss-reactive ketones (excluding diaryl/α,β-unsaturated/α-hetero) is 1. The highest BCUT2D eigenvalue weighted by atomic mass is 16.1. The molecule has 0 aliphatic heterocycles. The minimum Gasteiger partial charge on any atom is -0.319 e. The van der Waals surface area contributed by atoms with E-state index >= 15 is 0 Å². The topological polar surface area (TPSA) is 73.8 Å². The molecule has 1 heterocycles. The quantitative estimate of drug-likeness (QED) is 0.702. The van der Waals surface area contributed by atoms with Crippen molar-refractivity contribution in [3.05, 3.63) is 11.9 Å². The summed E-state index contributed by atoms with van der Waals surface area (Å²) in [6.07, 6.45) is 4.00. The maximum absolute atomic E-state index is 11.9. The van der Waals surface area contributed by atoms with E-state index in [4.69, 9.17) is 5.73 Å². The zero-order chi connectivity index (χ0) is 10.2. The Hall–Kier alpha value is -1.23. The standard InChI is InChI=1S/C9H14N4O/c1-2-5-13-7(6-11-12-13)8(14)9(10)3-4-9/h6H,2-5,10H2,1H3. The first kappa shape index (κ1) is 9.33. The van der Waals surface area contributed by atoms with E-state index in [2.05, 4.69) is 10.3 Å². The van der Waals surface area contributed by atoms with E-state index in [9.17, 15) is 4.79 Å². The first-order chi connectivity index (χ1) is 6.67. The van der Waals surface area contributed by atoms with Gasteiger partial charge < -0.3 is 5.73 Å². The molecule has 0 amide bonds. The fourth-order valence-corrected chi connectivity index (χ4v) is 1.43. The third-order valence-corrected chi connectivity index (χ3v) is 2.53. The van der Waals surface area contributed by atoms with E-state index in [-0.39, 0.29) is 5.78 Å². The predicted octanol–water partition coefficient (Wildman–Crippen LogP) is 0.362. The van der Waals surface area contributed by atoms with E-state index in [0.717, 1.165) is 25.8 Å². The van der Waals surface area contributed by atoms with Gasteiger partial charge in [-0.05, 0) is 19.3 Å². The van der Waals surface area contributed by atoms with Crippen molar-refractivity contribution in [1.29, 1.82) is 0 Å². The Morgan fingerprint density at radius 1 is 1.71 bits per heavy atom. The second-order valence-electron chi connectivity index (χ2n) is 3.83. The van der Waals surface area contributed by atoms with Crippen molar-refractivity contribution in [3.63, 3.8) is 0 Å². The summed E-state index contributed by atoms with van der Waals surface area (Å²) in [6, 6.07) is 0. The summed E-state index contributed by atoms with van der Waals surface area (Å²) >= 11 is 0. The monoisotopic (exact) mass is 194 g/mol. The van der Waals surface area contributed by atoms with Crippen LogP contribution in [0, 0.1) is 0 Å². The van der Waals surface area contributed by atoms with Crippen LogP contribution in [-0.2, 0) is 6.54 Å². The van der Waals surface area contributed by atoms with Gasteiger partial charge in [-0.1, -0.05) is 12.1 Å². The van der Waals surface area contributed by atoms with E-state index in [1.54, 1.807) is 4.68 Å². The molecule has 0 bridgehead atoms. The normalized spacial score (nSPS) is 18.1. The summed E-state index contributed by atoms with van der Waals surface area (Å²) in [5.41, 5.74) is 5.76. The zero-order valence-electron chi connectivity index (χ0n) is 8.23. The zero-order valence-corrected chi connectivity index (χ0v) is 8.23. The number of ketones is 1. The Labute approximate surface area is 82.3 Å². The van der Waals surface area contributed by atoms with Crippen molar-refractivity contribution < 1.29 is 4.79 Å². The van der Waals surface area contributed by atoms with Crippen LogP contribution < -0.4 is 5.73 Å². The first-order valence-corrected chi connectivity index (χ1v) is 4.89. The predicted molar refractivity (Wildman–Crippen MR) is 50.8 cm³/mol. The molecule has 1 aliphatic rings. The fourth-order valence-electron chi connectivity index (χ4n) is 1.43. The van der Waals surface area contributed by atoms with Gasteiger partial charge in [-0.3, -0.25) is 4.79 Å². The van der Waals surface area contributed by atoms with Gasteiger partial charge >= 0.3 is 0 Å². The maximum atomic E-state index is 11.9. The Kier molecular flexibility index (Phi) is 2.11. The molecule has 2 rings (SSSR count). The van der Waals surface area contributed by atoms with Gasteiger partial charge in [-0.2, -0.15) is 0 Å². The van der Waals surface area contributed by atoms with Crippen LogP contribution in [0.3, 0.4) is 0 Å². The molecule has 0 unspecified atom stereocenters. The van der Waals surface area contributed by atoms with Crippen molar-refractivity contribution in [2.75, 3.05) is 0 Å². The number of nitrogens with zero attached hydrogens (tertiary/aromatic N) is 3. The average molecular weight is 194 g/mol. The number of hydrogen-bond donors (Lipinski definition) is 1. The van der Waals surface area contributed by atoms with Gasteiger partial charge in [0.2, 0.25) is 5.78 Å². The summed E-state index contributed by atoms with van der Waals surface area (Å²) in [7, 11) is 0. The van der Waals surface area contributed by atoms with E-state index in [1.165, 1.54) is 6.20 Å². The second kappa shape index (κ2) is 3.16. The molecule has 2 N–H and O–H groups in total. The van der Waals surface area contributed by atoms with Crippen molar-refractivity contribution in [2.45, 2.75) is 38.3 Å². The number of aryl methyl sites for hydroxylation is 1. The molecule has 5 nitrogen and oxygen atoms in total. The minimum absolute atomic E-state index is 0.0176. The molecule has 76 valence electrons. The summed E-state index contributed by atoms with van der Waals surface area (Å²) in [6.45, 7) is 2.75. The SMILES string of the molecule is CCCn1nncc1C(=O)C1(N)CC1. The Morgan fingerprint density at radius 3 is 3.00 bits per heavy atom. The number of nitrogens with two attached hydrogens (primary N) is 1. The smallest absolute Gasteiger partial charge is 0.202 e. The molecule has 1 aliphatic carbocycles. The van der Waals surface area contributed by atoms with Gasteiger partial charge in [0.15, 0.2) is 0 Å². The lowest BCUT2D eigenvalue weighted by molar-refractivity contribution is 0.0938. The minimum atomic E-state index is -0.618. The lowest BCUT2D eigenvalue weighted by Gasteiger charge is -2.07. The molecule has 0 atom stereocenters. The van der Waals surface area contributed by atoms with Crippen LogP contribution in [0.25, 0.3) is 0 Å². The lowest BCUT2D eigenvalue weighted by Crippen LogP contribution is -2.34. The van der Waals surface area contributed by atoms with Crippen LogP contribution in [0.2, 0.25) is 0 Å². The second-order valence-corrected chi connectivity index (χ2v) is 3.83. The molecule has 1 aromatic rings. The molecule has 1 aromatic heterocycles. The number of carbonyl (C=O) groups excluding carboxylic acids is 1. The fraction of sp³-hybridized carbons (Fsp3) is 0.667. The van der Waals surface area contributed by atoms with Gasteiger partial charge in [0.05, 0.1) is 11.7 Å². The van der Waals surface area contributed by atoms with Crippen LogP contribution in [0.4, 0.5) is 0 Å². The average Bonchev–Trinajstić information content (AvgIpc) is 2.76. The van der Waals surface area contributed by atoms with Gasteiger partial charge in [-0.25, -0.2) is 4.68 Å². The number of hydrogen-bond acceptors (Lipinski definition) is 4. The van der Waals surface area contributed by atoms with Crippen molar-refractivity contribution >= 4 is 5.78 Å². The van der Waals surface area contributed by atoms with Crippen molar-refractivity contribution in [2.24, 2.45) is 5.73 Å². The summed E-state index contributed by atoms with van der Waals surface area (Å²) in [5, 5.41) is 7.60. The van der Waals surface area contributed by atoms with E-state index in [1.807, 2.05) is 6.92 Å². The lowest BCUT2D eigenvalue weighted by atomic mass is 10.1. The molecule has 1 fully saturated rings. The first-order valence-electron chi connectivity index (χ1n) is 4.89. The molecule has 1 saturated carbocycles. The third kappa shape index (κ3) is 1.43. The summed E-state index contributed by atoms with van der Waals surface area (Å²) in [4.78, 5) is 11.9. The van der Waals surface area contributed by atoms with Crippen LogP contribution in [0.15, 0.2) is 6.20 Å². The third-order valence-electron chi connectivity index (χ3n) is 2.53. The van der Waals surface area contributed by atoms with Gasteiger partial charge in [-0.15, -0.1) is 5.10 Å². The van der Waals surface area contributed by atoms with Crippen LogP contribution in [-0.4, -0.2) is 26.3 Å². The van der Waals surface area contributed by atoms with Crippen LogP contribution in [0.1, 0.15) is 36.7 Å². The van der Waals surface area contributed by atoms with Gasteiger partial charge in [0.1, 0.15) is 5.69 Å². The largest absolute Gasteiger partial charge is 0.319 e. The molecule has 0 radical (unpaired) electrons. The summed E-state index contributed by atoms with van der Waals surface area (Å²) < 4.78 is 1.63. The molecular formula is C9H14N4O. The molecule has 0 spiro atoms. The maximum Gasteiger partial charge on any atom is 0.202 e. The highest BCUT2D eigenvalue weighted by Gasteiger charge is 2.47. The van der Waals surface area contributed by atoms with Crippen molar-refractivity contribution in [1.82, 2.24) is 15.0 Å². The number of carbonyl (C=O) groups is 1. The molecule has 0 aromatic carbocycles. The van der Waals surface area contributed by atoms with Crippen LogP contribution >= 0.6 is 0 Å². The Bertz CT molecular complexity index is 353. The van der Waals surface area contributed by atoms with E-state index < -0.39 is 5.54 Å².